The number of aliphatic hydroxyl groups excluding tert-OH is 1. The Labute approximate surface area is 116 Å². The largest absolute Gasteiger partial charge is 0.391 e. The molecule has 0 radical (unpaired) electrons. The summed E-state index contributed by atoms with van der Waals surface area (Å²) in [4.78, 5) is 4.46. The van der Waals surface area contributed by atoms with Crippen molar-refractivity contribution in [1.29, 1.82) is 0 Å². The summed E-state index contributed by atoms with van der Waals surface area (Å²) >= 11 is 3.35. The summed E-state index contributed by atoms with van der Waals surface area (Å²) in [6.07, 6.45) is 3.72. The number of anilines is 1. The third-order valence-corrected chi connectivity index (χ3v) is 3.83. The van der Waals surface area contributed by atoms with Gasteiger partial charge >= 0.3 is 0 Å². The highest BCUT2D eigenvalue weighted by atomic mass is 79.9. The van der Waals surface area contributed by atoms with Crippen molar-refractivity contribution in [3.8, 4) is 0 Å². The summed E-state index contributed by atoms with van der Waals surface area (Å²) in [5, 5.41) is 21.2. The highest BCUT2D eigenvalue weighted by molar-refractivity contribution is 9.10. The van der Waals surface area contributed by atoms with Crippen molar-refractivity contribution in [2.24, 2.45) is 0 Å². The topological polar surface area (TPSA) is 70.9 Å². The fourth-order valence-corrected chi connectivity index (χ4v) is 2.82. The minimum atomic E-state index is -0.312. The van der Waals surface area contributed by atoms with Gasteiger partial charge in [-0.25, -0.2) is 4.98 Å². The smallest absolute Gasteiger partial charge is 0.243 e. The second-order valence-corrected chi connectivity index (χ2v) is 5.82. The first-order chi connectivity index (χ1) is 8.58. The minimum Gasteiger partial charge on any atom is -0.391 e. The lowest BCUT2D eigenvalue weighted by Crippen LogP contribution is -2.37. The van der Waals surface area contributed by atoms with E-state index in [4.69, 9.17) is 0 Å². The van der Waals surface area contributed by atoms with Gasteiger partial charge in [0, 0.05) is 0 Å². The number of hydrogen-bond acceptors (Lipinski definition) is 5. The third kappa shape index (κ3) is 3.17. The Morgan fingerprint density at radius 3 is 2.67 bits per heavy atom. The normalized spacial score (nSPS) is 24.3. The van der Waals surface area contributed by atoms with Gasteiger partial charge in [-0.3, -0.25) is 0 Å². The molecule has 0 amide bonds. The summed E-state index contributed by atoms with van der Waals surface area (Å²) < 4.78 is 0.687. The molecule has 1 aliphatic carbocycles. The van der Waals surface area contributed by atoms with E-state index in [0.717, 1.165) is 31.4 Å². The number of aliphatic hydroxyl groups is 1. The van der Waals surface area contributed by atoms with Crippen molar-refractivity contribution in [2.75, 3.05) is 5.32 Å². The number of rotatable bonds is 3. The first kappa shape index (κ1) is 13.7. The molecule has 2 N–H and O–H groups in total. The number of aromatic nitrogens is 3. The van der Waals surface area contributed by atoms with E-state index >= 15 is 0 Å². The van der Waals surface area contributed by atoms with Gasteiger partial charge in [0.2, 0.25) is 5.95 Å². The van der Waals surface area contributed by atoms with Gasteiger partial charge in [-0.1, -0.05) is 26.7 Å². The Morgan fingerprint density at radius 2 is 2.00 bits per heavy atom. The summed E-state index contributed by atoms with van der Waals surface area (Å²) in [6.45, 7) is 4.13. The van der Waals surface area contributed by atoms with Crippen molar-refractivity contribution in [1.82, 2.24) is 15.2 Å². The number of halogens is 1. The Bertz CT molecular complexity index is 413. The Kier molecular flexibility index (Phi) is 4.50. The first-order valence-corrected chi connectivity index (χ1v) is 7.22. The molecule has 0 bridgehead atoms. The maximum Gasteiger partial charge on any atom is 0.243 e. The quantitative estimate of drug-likeness (QED) is 0.896. The molecule has 1 heterocycles. The van der Waals surface area contributed by atoms with Crippen molar-refractivity contribution < 1.29 is 5.11 Å². The van der Waals surface area contributed by atoms with E-state index in [1.165, 1.54) is 0 Å². The van der Waals surface area contributed by atoms with Gasteiger partial charge in [0.25, 0.3) is 0 Å². The van der Waals surface area contributed by atoms with Crippen LogP contribution in [-0.4, -0.2) is 32.4 Å². The summed E-state index contributed by atoms with van der Waals surface area (Å²) in [5.41, 5.74) is 0.887. The van der Waals surface area contributed by atoms with Gasteiger partial charge in [0.05, 0.1) is 17.8 Å². The van der Waals surface area contributed by atoms with Gasteiger partial charge in [0.1, 0.15) is 0 Å². The highest BCUT2D eigenvalue weighted by Crippen LogP contribution is 2.23. The average Bonchev–Trinajstić information content (AvgIpc) is 2.34. The number of nitrogens with one attached hydrogen (secondary N) is 1. The molecule has 0 spiro atoms. The van der Waals surface area contributed by atoms with Crippen LogP contribution in [0.25, 0.3) is 0 Å². The molecule has 18 heavy (non-hydrogen) atoms. The average molecular weight is 315 g/mol. The van der Waals surface area contributed by atoms with Gasteiger partial charge in [0.15, 0.2) is 4.60 Å². The van der Waals surface area contributed by atoms with E-state index in [-0.39, 0.29) is 18.1 Å². The van der Waals surface area contributed by atoms with E-state index in [1.54, 1.807) is 0 Å². The van der Waals surface area contributed by atoms with Crippen LogP contribution in [0, 0.1) is 0 Å². The molecule has 100 valence electrons. The van der Waals surface area contributed by atoms with Crippen LogP contribution in [0.2, 0.25) is 0 Å². The van der Waals surface area contributed by atoms with Crippen LogP contribution in [0.3, 0.4) is 0 Å². The van der Waals surface area contributed by atoms with Gasteiger partial charge < -0.3 is 10.4 Å². The molecule has 6 heteroatoms. The van der Waals surface area contributed by atoms with Gasteiger partial charge in [-0.15, -0.1) is 10.2 Å². The zero-order chi connectivity index (χ0) is 13.1. The van der Waals surface area contributed by atoms with Gasteiger partial charge in [-0.05, 0) is 34.7 Å². The second kappa shape index (κ2) is 5.93. The predicted molar refractivity (Wildman–Crippen MR) is 73.5 cm³/mol. The molecular weight excluding hydrogens is 296 g/mol. The lowest BCUT2D eigenvalue weighted by Gasteiger charge is -2.28. The maximum atomic E-state index is 9.92. The standard InChI is InChI=1S/C12H19BrN4O/c1-7(2)10-11(13)16-17-12(15-10)14-8-5-3-4-6-9(8)18/h7-9,18H,3-6H2,1-2H3,(H,14,15,17)/t8-,9-/m1/s1. The zero-order valence-electron chi connectivity index (χ0n) is 10.7. The predicted octanol–water partition coefficient (Wildman–Crippen LogP) is 2.47. The molecule has 1 aromatic heterocycles. The van der Waals surface area contributed by atoms with Crippen LogP contribution in [0.4, 0.5) is 5.95 Å². The lowest BCUT2D eigenvalue weighted by molar-refractivity contribution is 0.116. The Morgan fingerprint density at radius 1 is 1.28 bits per heavy atom. The van der Waals surface area contributed by atoms with Crippen LogP contribution < -0.4 is 5.32 Å². The molecule has 5 nitrogen and oxygen atoms in total. The highest BCUT2D eigenvalue weighted by Gasteiger charge is 2.24. The van der Waals surface area contributed by atoms with E-state index in [0.29, 0.717) is 10.6 Å². The van der Waals surface area contributed by atoms with Crippen LogP contribution in [-0.2, 0) is 0 Å². The summed E-state index contributed by atoms with van der Waals surface area (Å²) in [7, 11) is 0. The van der Waals surface area contributed by atoms with Crippen molar-refractivity contribution in [3.63, 3.8) is 0 Å². The zero-order valence-corrected chi connectivity index (χ0v) is 12.3. The Hall–Kier alpha value is -0.750. The minimum absolute atomic E-state index is 0.0433. The maximum absolute atomic E-state index is 9.92. The molecule has 0 aromatic carbocycles. The molecule has 2 atom stereocenters. The van der Waals surface area contributed by atoms with Crippen LogP contribution >= 0.6 is 15.9 Å². The number of nitrogens with zero attached hydrogens (tertiary/aromatic N) is 3. The number of hydrogen-bond donors (Lipinski definition) is 2. The summed E-state index contributed by atoms with van der Waals surface area (Å²) in [6, 6.07) is 0.0433. The molecule has 1 aliphatic rings. The third-order valence-electron chi connectivity index (χ3n) is 3.26. The van der Waals surface area contributed by atoms with E-state index in [1.807, 2.05) is 0 Å². The van der Waals surface area contributed by atoms with Crippen LogP contribution in [0.1, 0.15) is 51.1 Å². The van der Waals surface area contributed by atoms with Crippen molar-refractivity contribution >= 4 is 21.9 Å². The van der Waals surface area contributed by atoms with Crippen molar-refractivity contribution in [3.05, 3.63) is 10.3 Å². The molecule has 0 unspecified atom stereocenters. The molecule has 0 saturated heterocycles. The SMILES string of the molecule is CC(C)c1nc(N[C@@H]2CCCC[C@H]2O)nnc1Br. The Balaban J connectivity index is 2.11. The molecular formula is C12H19BrN4O. The fraction of sp³-hybridized carbons (Fsp3) is 0.750. The van der Waals surface area contributed by atoms with E-state index in [2.05, 4.69) is 50.3 Å². The molecule has 1 saturated carbocycles. The summed E-state index contributed by atoms with van der Waals surface area (Å²) in [5.74, 6) is 0.791. The second-order valence-electron chi connectivity index (χ2n) is 5.07. The molecule has 2 rings (SSSR count). The van der Waals surface area contributed by atoms with Gasteiger partial charge in [-0.2, -0.15) is 0 Å². The first-order valence-electron chi connectivity index (χ1n) is 6.42. The van der Waals surface area contributed by atoms with E-state index in [9.17, 15) is 5.11 Å². The fourth-order valence-electron chi connectivity index (χ4n) is 2.20. The van der Waals surface area contributed by atoms with Crippen LogP contribution in [0.5, 0.6) is 0 Å². The monoisotopic (exact) mass is 314 g/mol. The molecule has 1 fully saturated rings. The van der Waals surface area contributed by atoms with Crippen molar-refractivity contribution in [2.45, 2.75) is 57.6 Å². The molecule has 1 aromatic rings. The molecule has 0 aliphatic heterocycles. The lowest BCUT2D eigenvalue weighted by atomic mass is 9.93. The van der Waals surface area contributed by atoms with Crippen LogP contribution in [0.15, 0.2) is 4.60 Å². The van der Waals surface area contributed by atoms with E-state index < -0.39 is 0 Å².